The lowest BCUT2D eigenvalue weighted by Crippen LogP contribution is -2.23. The predicted octanol–water partition coefficient (Wildman–Crippen LogP) is 0.372. The number of aromatic hydroxyl groups is 1. The Bertz CT molecular complexity index is 256. The van der Waals surface area contributed by atoms with Crippen molar-refractivity contribution in [2.45, 2.75) is 12.5 Å². The zero-order chi connectivity index (χ0) is 8.97. The molecule has 3 nitrogen and oxygen atoms in total. The van der Waals surface area contributed by atoms with Crippen molar-refractivity contribution in [2.24, 2.45) is 5.73 Å². The third-order valence-corrected chi connectivity index (χ3v) is 1.54. The third kappa shape index (κ3) is 2.36. The molecule has 0 spiro atoms. The van der Waals surface area contributed by atoms with E-state index < -0.39 is 6.04 Å². The molecule has 1 aromatic carbocycles. The average Bonchev–Trinajstić information content (AvgIpc) is 2.09. The van der Waals surface area contributed by atoms with Crippen LogP contribution >= 0.6 is 0 Å². The van der Waals surface area contributed by atoms with E-state index in [9.17, 15) is 4.79 Å². The first-order valence-electron chi connectivity index (χ1n) is 3.63. The normalized spacial score (nSPS) is 12.4. The summed E-state index contributed by atoms with van der Waals surface area (Å²) in [7, 11) is 0. The largest absolute Gasteiger partial charge is 0.508 e. The monoisotopic (exact) mass is 164 g/mol. The molecule has 1 atom stereocenters. The van der Waals surface area contributed by atoms with Crippen molar-refractivity contribution >= 4 is 6.29 Å². The minimum atomic E-state index is -0.574. The summed E-state index contributed by atoms with van der Waals surface area (Å²) in [6.45, 7) is 0. The SMILES string of the molecule is NC([C]=O)Cc1ccc(O)cc1. The van der Waals surface area contributed by atoms with Crippen LogP contribution in [-0.2, 0) is 11.2 Å². The molecule has 0 aromatic heterocycles. The van der Waals surface area contributed by atoms with Crippen LogP contribution in [0.1, 0.15) is 5.56 Å². The highest BCUT2D eigenvalue weighted by atomic mass is 16.3. The molecule has 0 heterocycles. The van der Waals surface area contributed by atoms with Gasteiger partial charge in [0.1, 0.15) is 5.75 Å². The number of nitrogens with two attached hydrogens (primary N) is 1. The third-order valence-electron chi connectivity index (χ3n) is 1.54. The van der Waals surface area contributed by atoms with E-state index >= 15 is 0 Å². The van der Waals surface area contributed by atoms with Crippen molar-refractivity contribution in [1.29, 1.82) is 0 Å². The molecule has 1 aromatic rings. The Morgan fingerprint density at radius 2 is 2.00 bits per heavy atom. The highest BCUT2D eigenvalue weighted by molar-refractivity contribution is 5.58. The highest BCUT2D eigenvalue weighted by Crippen LogP contribution is 2.10. The fraction of sp³-hybridized carbons (Fsp3) is 0.222. The van der Waals surface area contributed by atoms with Gasteiger partial charge < -0.3 is 10.8 Å². The van der Waals surface area contributed by atoms with Crippen LogP contribution in [0.25, 0.3) is 0 Å². The van der Waals surface area contributed by atoms with Crippen LogP contribution in [0.5, 0.6) is 5.75 Å². The van der Waals surface area contributed by atoms with E-state index in [1.165, 1.54) is 0 Å². The number of benzene rings is 1. The lowest BCUT2D eigenvalue weighted by Gasteiger charge is -2.02. The van der Waals surface area contributed by atoms with Gasteiger partial charge in [-0.05, 0) is 24.1 Å². The Balaban J connectivity index is 2.64. The van der Waals surface area contributed by atoms with Crippen LogP contribution in [0.3, 0.4) is 0 Å². The number of hydrogen-bond donors (Lipinski definition) is 2. The first kappa shape index (κ1) is 8.74. The van der Waals surface area contributed by atoms with Crippen LogP contribution in [0, 0.1) is 0 Å². The van der Waals surface area contributed by atoms with Crippen LogP contribution in [0.4, 0.5) is 0 Å². The summed E-state index contributed by atoms with van der Waals surface area (Å²) < 4.78 is 0. The van der Waals surface area contributed by atoms with Crippen LogP contribution in [0.15, 0.2) is 24.3 Å². The molecule has 3 heteroatoms. The quantitative estimate of drug-likeness (QED) is 0.678. The van der Waals surface area contributed by atoms with E-state index in [1.54, 1.807) is 30.6 Å². The van der Waals surface area contributed by atoms with Crippen molar-refractivity contribution < 1.29 is 9.90 Å². The molecular formula is C9H10NO2. The maximum atomic E-state index is 10.1. The summed E-state index contributed by atoms with van der Waals surface area (Å²) in [5.74, 6) is 0.211. The van der Waals surface area contributed by atoms with Crippen molar-refractivity contribution in [3.05, 3.63) is 29.8 Å². The lowest BCUT2D eigenvalue weighted by molar-refractivity contribution is 0.475. The first-order chi connectivity index (χ1) is 5.72. The Morgan fingerprint density at radius 3 is 2.50 bits per heavy atom. The van der Waals surface area contributed by atoms with Gasteiger partial charge in [-0.25, -0.2) is 0 Å². The maximum Gasteiger partial charge on any atom is 0.217 e. The summed E-state index contributed by atoms with van der Waals surface area (Å²) in [5.41, 5.74) is 6.28. The molecule has 0 aliphatic heterocycles. The van der Waals surface area contributed by atoms with E-state index in [-0.39, 0.29) is 5.75 Å². The van der Waals surface area contributed by atoms with Crippen molar-refractivity contribution in [3.8, 4) is 5.75 Å². The molecule has 63 valence electrons. The summed E-state index contributed by atoms with van der Waals surface area (Å²) in [4.78, 5) is 10.1. The summed E-state index contributed by atoms with van der Waals surface area (Å²) in [5, 5.41) is 8.94. The van der Waals surface area contributed by atoms with E-state index in [2.05, 4.69) is 0 Å². The van der Waals surface area contributed by atoms with Gasteiger partial charge in [-0.1, -0.05) is 12.1 Å². The summed E-state index contributed by atoms with van der Waals surface area (Å²) >= 11 is 0. The second kappa shape index (κ2) is 3.88. The zero-order valence-electron chi connectivity index (χ0n) is 6.53. The molecule has 1 unspecified atom stereocenters. The number of phenols is 1. The fourth-order valence-corrected chi connectivity index (χ4v) is 0.928. The predicted molar refractivity (Wildman–Crippen MR) is 45.5 cm³/mol. The van der Waals surface area contributed by atoms with Gasteiger partial charge in [-0.2, -0.15) is 0 Å². The fourth-order valence-electron chi connectivity index (χ4n) is 0.928. The Labute approximate surface area is 70.8 Å². The Morgan fingerprint density at radius 1 is 1.42 bits per heavy atom. The topological polar surface area (TPSA) is 63.3 Å². The Hall–Kier alpha value is -1.35. The zero-order valence-corrected chi connectivity index (χ0v) is 6.53. The molecule has 0 saturated carbocycles. The van der Waals surface area contributed by atoms with Crippen LogP contribution < -0.4 is 5.73 Å². The molecule has 0 fully saturated rings. The minimum absolute atomic E-state index is 0.211. The molecule has 12 heavy (non-hydrogen) atoms. The molecular weight excluding hydrogens is 154 g/mol. The molecule has 0 aliphatic carbocycles. The molecule has 3 N–H and O–H groups in total. The molecule has 0 saturated heterocycles. The number of carbonyl (C=O) groups excluding carboxylic acids is 1. The van der Waals surface area contributed by atoms with Gasteiger partial charge in [0.05, 0.1) is 6.04 Å². The molecule has 0 amide bonds. The number of phenolic OH excluding ortho intramolecular Hbond substituents is 1. The molecule has 1 radical (unpaired) electrons. The van der Waals surface area contributed by atoms with Gasteiger partial charge in [-0.3, -0.25) is 4.79 Å². The standard InChI is InChI=1S/C9H10NO2/c10-8(6-11)5-7-1-3-9(12)4-2-7/h1-4,8,12H,5,10H2. The van der Waals surface area contributed by atoms with Crippen molar-refractivity contribution in [1.82, 2.24) is 0 Å². The van der Waals surface area contributed by atoms with E-state index in [1.807, 2.05) is 0 Å². The maximum absolute atomic E-state index is 10.1. The van der Waals surface area contributed by atoms with Crippen molar-refractivity contribution in [3.63, 3.8) is 0 Å². The molecule has 1 rings (SSSR count). The first-order valence-corrected chi connectivity index (χ1v) is 3.63. The summed E-state index contributed by atoms with van der Waals surface area (Å²) in [6, 6.07) is 6.01. The van der Waals surface area contributed by atoms with E-state index in [0.717, 1.165) is 5.56 Å². The van der Waals surface area contributed by atoms with Crippen LogP contribution in [-0.4, -0.2) is 17.4 Å². The van der Waals surface area contributed by atoms with Gasteiger partial charge in [0.25, 0.3) is 0 Å². The van der Waals surface area contributed by atoms with Gasteiger partial charge in [0.2, 0.25) is 6.29 Å². The number of rotatable bonds is 3. The van der Waals surface area contributed by atoms with Gasteiger partial charge >= 0.3 is 0 Å². The molecule has 0 aliphatic rings. The number of hydrogen-bond acceptors (Lipinski definition) is 3. The second-order valence-corrected chi connectivity index (χ2v) is 2.59. The van der Waals surface area contributed by atoms with Crippen LogP contribution in [0.2, 0.25) is 0 Å². The van der Waals surface area contributed by atoms with Gasteiger partial charge in [0, 0.05) is 0 Å². The highest BCUT2D eigenvalue weighted by Gasteiger charge is 2.02. The van der Waals surface area contributed by atoms with E-state index in [0.29, 0.717) is 6.42 Å². The average molecular weight is 164 g/mol. The van der Waals surface area contributed by atoms with Gasteiger partial charge in [0.15, 0.2) is 0 Å². The smallest absolute Gasteiger partial charge is 0.217 e. The minimum Gasteiger partial charge on any atom is -0.508 e. The lowest BCUT2D eigenvalue weighted by atomic mass is 10.1. The second-order valence-electron chi connectivity index (χ2n) is 2.59. The molecule has 0 bridgehead atoms. The van der Waals surface area contributed by atoms with E-state index in [4.69, 9.17) is 10.8 Å². The summed E-state index contributed by atoms with van der Waals surface area (Å²) in [6.07, 6.45) is 2.16. The Kier molecular flexibility index (Phi) is 2.82. The van der Waals surface area contributed by atoms with Crippen molar-refractivity contribution in [2.75, 3.05) is 0 Å². The van der Waals surface area contributed by atoms with Gasteiger partial charge in [-0.15, -0.1) is 0 Å².